The van der Waals surface area contributed by atoms with Crippen LogP contribution in [0.25, 0.3) is 10.2 Å². The molecular weight excluding hydrogens is 268 g/mol. The fourth-order valence-electron chi connectivity index (χ4n) is 2.97. The Labute approximate surface area is 124 Å². The van der Waals surface area contributed by atoms with Crippen LogP contribution in [0.4, 0.5) is 5.82 Å². The van der Waals surface area contributed by atoms with Gasteiger partial charge in [0.25, 0.3) is 0 Å². The molecule has 2 aromatic heterocycles. The van der Waals surface area contributed by atoms with E-state index >= 15 is 0 Å². The van der Waals surface area contributed by atoms with Gasteiger partial charge in [0.2, 0.25) is 0 Å². The van der Waals surface area contributed by atoms with Crippen molar-refractivity contribution in [2.24, 2.45) is 0 Å². The largest absolute Gasteiger partial charge is 0.368 e. The number of anilines is 1. The highest BCUT2D eigenvalue weighted by atomic mass is 32.1. The average molecular weight is 290 g/mol. The minimum atomic E-state index is 0.613. The third kappa shape index (κ3) is 2.79. The Morgan fingerprint density at radius 2 is 2.15 bits per heavy atom. The summed E-state index contributed by atoms with van der Waals surface area (Å²) in [5, 5.41) is 4.70. The van der Waals surface area contributed by atoms with Gasteiger partial charge in [-0.15, -0.1) is 11.3 Å². The normalized spacial score (nSPS) is 17.7. The Balaban J connectivity index is 1.72. The molecule has 3 heterocycles. The lowest BCUT2D eigenvalue weighted by Gasteiger charge is -2.26. The fourth-order valence-corrected chi connectivity index (χ4v) is 3.82. The second-order valence-electron chi connectivity index (χ2n) is 5.48. The second kappa shape index (κ2) is 6.06. The van der Waals surface area contributed by atoms with E-state index in [2.05, 4.69) is 40.1 Å². The Morgan fingerprint density at radius 3 is 2.90 bits per heavy atom. The molecule has 5 heteroatoms. The van der Waals surface area contributed by atoms with E-state index in [4.69, 9.17) is 0 Å². The molecule has 1 fully saturated rings. The highest BCUT2D eigenvalue weighted by Crippen LogP contribution is 2.27. The second-order valence-corrected chi connectivity index (χ2v) is 6.72. The van der Waals surface area contributed by atoms with E-state index in [1.54, 1.807) is 17.7 Å². The Bertz CT molecular complexity index is 574. The molecule has 3 rings (SSSR count). The van der Waals surface area contributed by atoms with Crippen LogP contribution in [0.3, 0.4) is 0 Å². The minimum absolute atomic E-state index is 0.613. The minimum Gasteiger partial charge on any atom is -0.368 e. The molecule has 0 saturated carbocycles. The lowest BCUT2D eigenvalue weighted by molar-refractivity contribution is 0.246. The topological polar surface area (TPSA) is 41.1 Å². The molecule has 108 valence electrons. The smallest absolute Gasteiger partial charge is 0.138 e. The van der Waals surface area contributed by atoms with Gasteiger partial charge in [-0.1, -0.05) is 6.92 Å². The first-order valence-corrected chi connectivity index (χ1v) is 8.28. The molecular formula is C15H22N4S. The number of hydrogen-bond acceptors (Lipinski definition) is 5. The zero-order valence-corrected chi connectivity index (χ0v) is 13.0. The van der Waals surface area contributed by atoms with E-state index in [0.29, 0.717) is 6.04 Å². The molecule has 0 aliphatic carbocycles. The molecule has 1 saturated heterocycles. The number of rotatable bonds is 5. The van der Waals surface area contributed by atoms with Gasteiger partial charge in [-0.2, -0.15) is 0 Å². The van der Waals surface area contributed by atoms with Crippen LogP contribution in [0, 0.1) is 6.92 Å². The summed E-state index contributed by atoms with van der Waals surface area (Å²) in [5.41, 5.74) is 0. The third-order valence-electron chi connectivity index (χ3n) is 4.09. The molecule has 1 aliphatic rings. The maximum Gasteiger partial charge on any atom is 0.138 e. The molecule has 0 bridgehead atoms. The van der Waals surface area contributed by atoms with Gasteiger partial charge in [-0.25, -0.2) is 9.97 Å². The van der Waals surface area contributed by atoms with Crippen LogP contribution in [0.15, 0.2) is 12.4 Å². The van der Waals surface area contributed by atoms with Gasteiger partial charge in [0.05, 0.1) is 5.39 Å². The lowest BCUT2D eigenvalue weighted by atomic mass is 10.2. The summed E-state index contributed by atoms with van der Waals surface area (Å²) in [4.78, 5) is 13.7. The van der Waals surface area contributed by atoms with E-state index in [1.807, 2.05) is 0 Å². The number of aryl methyl sites for hydroxylation is 1. The van der Waals surface area contributed by atoms with E-state index in [9.17, 15) is 0 Å². The van der Waals surface area contributed by atoms with Crippen molar-refractivity contribution in [1.29, 1.82) is 0 Å². The first-order chi connectivity index (χ1) is 9.78. The van der Waals surface area contributed by atoms with Gasteiger partial charge in [-0.05, 0) is 45.3 Å². The van der Waals surface area contributed by atoms with E-state index in [0.717, 1.165) is 22.6 Å². The van der Waals surface area contributed by atoms with Crippen molar-refractivity contribution in [1.82, 2.24) is 14.9 Å². The highest BCUT2D eigenvalue weighted by molar-refractivity contribution is 7.18. The molecule has 0 amide bonds. The predicted octanol–water partition coefficient (Wildman–Crippen LogP) is 3.29. The maximum absolute atomic E-state index is 4.42. The highest BCUT2D eigenvalue weighted by Gasteiger charge is 2.20. The first-order valence-electron chi connectivity index (χ1n) is 7.47. The van der Waals surface area contributed by atoms with E-state index in [1.165, 1.54) is 37.2 Å². The summed E-state index contributed by atoms with van der Waals surface area (Å²) in [7, 11) is 0. The van der Waals surface area contributed by atoms with Gasteiger partial charge >= 0.3 is 0 Å². The van der Waals surface area contributed by atoms with Crippen LogP contribution < -0.4 is 5.32 Å². The van der Waals surface area contributed by atoms with Crippen LogP contribution in [-0.2, 0) is 0 Å². The van der Waals surface area contributed by atoms with E-state index < -0.39 is 0 Å². The zero-order chi connectivity index (χ0) is 13.9. The van der Waals surface area contributed by atoms with Crippen molar-refractivity contribution in [3.05, 3.63) is 17.3 Å². The number of fused-ring (bicyclic) bond motifs is 1. The third-order valence-corrected chi connectivity index (χ3v) is 5.04. The number of aromatic nitrogens is 2. The summed E-state index contributed by atoms with van der Waals surface area (Å²) < 4.78 is 0. The summed E-state index contributed by atoms with van der Waals surface area (Å²) >= 11 is 1.73. The van der Waals surface area contributed by atoms with Crippen LogP contribution in [0.5, 0.6) is 0 Å². The van der Waals surface area contributed by atoms with Crippen molar-refractivity contribution in [3.63, 3.8) is 0 Å². The Morgan fingerprint density at radius 1 is 1.35 bits per heavy atom. The Hall–Kier alpha value is -1.20. The molecule has 4 nitrogen and oxygen atoms in total. The van der Waals surface area contributed by atoms with Crippen LogP contribution >= 0.6 is 11.3 Å². The Kier molecular flexibility index (Phi) is 4.17. The maximum atomic E-state index is 4.42. The van der Waals surface area contributed by atoms with Gasteiger partial charge in [0.1, 0.15) is 17.0 Å². The molecule has 0 radical (unpaired) electrons. The molecule has 20 heavy (non-hydrogen) atoms. The molecule has 1 N–H and O–H groups in total. The van der Waals surface area contributed by atoms with Gasteiger partial charge in [0, 0.05) is 17.5 Å². The van der Waals surface area contributed by atoms with Crippen LogP contribution in [0.1, 0.15) is 31.1 Å². The monoisotopic (exact) mass is 290 g/mol. The summed E-state index contributed by atoms with van der Waals surface area (Å²) in [6, 6.07) is 2.79. The lowest BCUT2D eigenvalue weighted by Crippen LogP contribution is -2.37. The van der Waals surface area contributed by atoms with E-state index in [-0.39, 0.29) is 0 Å². The van der Waals surface area contributed by atoms with Crippen LogP contribution in [0.2, 0.25) is 0 Å². The zero-order valence-electron chi connectivity index (χ0n) is 12.2. The van der Waals surface area contributed by atoms with Crippen molar-refractivity contribution >= 4 is 27.4 Å². The number of thiophene rings is 1. The molecule has 0 spiro atoms. The molecule has 1 atom stereocenters. The number of hydrogen-bond donors (Lipinski definition) is 1. The SMILES string of the molecule is CCC(CNc1ncnc2sc(C)cc12)N1CCCC1. The standard InChI is InChI=1S/C15H22N4S/c1-3-12(19-6-4-5-7-19)9-16-14-13-8-11(2)20-15(13)18-10-17-14/h8,10,12H,3-7,9H2,1-2H3,(H,16,17,18). The van der Waals surface area contributed by atoms with Gasteiger partial charge in [-0.3, -0.25) is 4.90 Å². The summed E-state index contributed by atoms with van der Waals surface area (Å²) in [6.07, 6.45) is 5.54. The molecule has 1 unspecified atom stereocenters. The molecule has 2 aromatic rings. The summed E-state index contributed by atoms with van der Waals surface area (Å²) in [6.45, 7) is 7.86. The van der Waals surface area contributed by atoms with Crippen molar-refractivity contribution in [2.45, 2.75) is 39.2 Å². The van der Waals surface area contributed by atoms with Gasteiger partial charge < -0.3 is 5.32 Å². The van der Waals surface area contributed by atoms with Gasteiger partial charge in [0.15, 0.2) is 0 Å². The average Bonchev–Trinajstić information content (AvgIpc) is 3.08. The van der Waals surface area contributed by atoms with Crippen molar-refractivity contribution in [3.8, 4) is 0 Å². The number of nitrogens with zero attached hydrogens (tertiary/aromatic N) is 3. The van der Waals surface area contributed by atoms with Crippen molar-refractivity contribution in [2.75, 3.05) is 25.0 Å². The fraction of sp³-hybridized carbons (Fsp3) is 0.600. The first kappa shape index (κ1) is 13.8. The number of nitrogens with one attached hydrogen (secondary N) is 1. The number of likely N-dealkylation sites (tertiary alicyclic amines) is 1. The molecule has 0 aromatic carbocycles. The van der Waals surface area contributed by atoms with Crippen LogP contribution in [-0.4, -0.2) is 40.5 Å². The quantitative estimate of drug-likeness (QED) is 0.917. The molecule has 1 aliphatic heterocycles. The van der Waals surface area contributed by atoms with Crippen molar-refractivity contribution < 1.29 is 0 Å². The summed E-state index contributed by atoms with van der Waals surface area (Å²) in [5.74, 6) is 0.983. The predicted molar refractivity (Wildman–Crippen MR) is 85.5 cm³/mol.